The van der Waals surface area contributed by atoms with Crippen molar-refractivity contribution in [3.63, 3.8) is 0 Å². The third-order valence-corrected chi connectivity index (χ3v) is 4.63. The first-order valence-corrected chi connectivity index (χ1v) is 8.49. The fourth-order valence-corrected chi connectivity index (χ4v) is 3.18. The monoisotopic (exact) mass is 354 g/mol. The molecule has 2 aromatic carbocycles. The highest BCUT2D eigenvalue weighted by Gasteiger charge is 2.24. The molecular weight excluding hydrogens is 336 g/mol. The molecule has 1 N–H and O–H groups in total. The molecule has 0 unspecified atom stereocenters. The van der Waals surface area contributed by atoms with Gasteiger partial charge in [-0.25, -0.2) is 4.99 Å². The highest BCUT2D eigenvalue weighted by molar-refractivity contribution is 8.18. The molecule has 6 heteroatoms. The van der Waals surface area contributed by atoms with E-state index in [0.717, 1.165) is 16.8 Å². The van der Waals surface area contributed by atoms with Crippen LogP contribution in [0.3, 0.4) is 0 Å². The van der Waals surface area contributed by atoms with Gasteiger partial charge in [-0.1, -0.05) is 18.2 Å². The van der Waals surface area contributed by atoms with Crippen LogP contribution >= 0.6 is 11.8 Å². The van der Waals surface area contributed by atoms with E-state index >= 15 is 0 Å². The molecule has 128 valence electrons. The predicted molar refractivity (Wildman–Crippen MR) is 102 cm³/mol. The first-order chi connectivity index (χ1) is 12.1. The topological polar surface area (TPSA) is 59.9 Å². The number of hydrogen-bond donors (Lipinski definition) is 1. The lowest BCUT2D eigenvalue weighted by molar-refractivity contribution is -0.115. The van der Waals surface area contributed by atoms with Crippen LogP contribution in [0.25, 0.3) is 6.08 Å². The maximum absolute atomic E-state index is 12.2. The van der Waals surface area contributed by atoms with E-state index in [0.29, 0.717) is 21.6 Å². The van der Waals surface area contributed by atoms with E-state index in [1.807, 2.05) is 43.3 Å². The summed E-state index contributed by atoms with van der Waals surface area (Å²) in [5.41, 5.74) is 2.70. The van der Waals surface area contributed by atoms with Gasteiger partial charge in [0.25, 0.3) is 5.91 Å². The minimum Gasteiger partial charge on any atom is -0.497 e. The standard InChI is InChI=1S/C19H18N2O3S/c1-12-6-4-5-7-15(12)20-19-21-18(22)17(25-19)10-13-8-9-14(23-2)11-16(13)24-3/h4-11H,1-3H3,(H,20,21,22)/b17-10+. The van der Waals surface area contributed by atoms with Crippen molar-refractivity contribution in [1.82, 2.24) is 5.32 Å². The van der Waals surface area contributed by atoms with Crippen LogP contribution < -0.4 is 14.8 Å². The number of nitrogens with one attached hydrogen (secondary N) is 1. The van der Waals surface area contributed by atoms with Gasteiger partial charge in [-0.2, -0.15) is 0 Å². The van der Waals surface area contributed by atoms with E-state index in [1.54, 1.807) is 26.4 Å². The summed E-state index contributed by atoms with van der Waals surface area (Å²) in [5.74, 6) is 1.17. The van der Waals surface area contributed by atoms with Gasteiger partial charge >= 0.3 is 0 Å². The maximum Gasteiger partial charge on any atom is 0.264 e. The lowest BCUT2D eigenvalue weighted by atomic mass is 10.1. The molecule has 3 rings (SSSR count). The molecule has 0 atom stereocenters. The summed E-state index contributed by atoms with van der Waals surface area (Å²) < 4.78 is 10.6. The summed E-state index contributed by atoms with van der Waals surface area (Å²) in [4.78, 5) is 17.3. The van der Waals surface area contributed by atoms with Gasteiger partial charge in [-0.15, -0.1) is 0 Å². The Balaban J connectivity index is 1.88. The smallest absolute Gasteiger partial charge is 0.264 e. The average Bonchev–Trinajstić information content (AvgIpc) is 2.96. The normalized spacial score (nSPS) is 17.0. The Bertz CT molecular complexity index is 875. The van der Waals surface area contributed by atoms with Gasteiger partial charge in [0.15, 0.2) is 5.17 Å². The molecule has 0 saturated carbocycles. The largest absolute Gasteiger partial charge is 0.497 e. The Hall–Kier alpha value is -2.73. The van der Waals surface area contributed by atoms with Crippen molar-refractivity contribution in [2.24, 2.45) is 4.99 Å². The van der Waals surface area contributed by atoms with Crippen molar-refractivity contribution >= 4 is 34.6 Å². The van der Waals surface area contributed by atoms with Crippen LogP contribution in [-0.4, -0.2) is 25.3 Å². The van der Waals surface area contributed by atoms with Crippen LogP contribution in [0.2, 0.25) is 0 Å². The maximum atomic E-state index is 12.2. The molecule has 1 heterocycles. The number of benzene rings is 2. The van der Waals surface area contributed by atoms with E-state index in [2.05, 4.69) is 10.3 Å². The summed E-state index contributed by atoms with van der Waals surface area (Å²) in [7, 11) is 3.19. The molecule has 25 heavy (non-hydrogen) atoms. The summed E-state index contributed by atoms with van der Waals surface area (Å²) in [6.45, 7) is 1.99. The number of thioether (sulfide) groups is 1. The minimum absolute atomic E-state index is 0.171. The van der Waals surface area contributed by atoms with Gasteiger partial charge < -0.3 is 14.8 Å². The van der Waals surface area contributed by atoms with E-state index < -0.39 is 0 Å². The van der Waals surface area contributed by atoms with Gasteiger partial charge in [0.1, 0.15) is 11.5 Å². The summed E-state index contributed by atoms with van der Waals surface area (Å²) >= 11 is 1.31. The second-order valence-electron chi connectivity index (χ2n) is 5.38. The molecule has 1 aliphatic heterocycles. The van der Waals surface area contributed by atoms with Gasteiger partial charge in [0, 0.05) is 11.6 Å². The first kappa shape index (κ1) is 17.1. The Morgan fingerprint density at radius 2 is 1.92 bits per heavy atom. The second-order valence-corrected chi connectivity index (χ2v) is 6.41. The Morgan fingerprint density at radius 1 is 1.12 bits per heavy atom. The number of carbonyl (C=O) groups excluding carboxylic acids is 1. The van der Waals surface area contributed by atoms with Crippen molar-refractivity contribution < 1.29 is 14.3 Å². The third kappa shape index (κ3) is 3.85. The van der Waals surface area contributed by atoms with Gasteiger partial charge in [0.2, 0.25) is 0 Å². The number of methoxy groups -OCH3 is 2. The zero-order valence-electron chi connectivity index (χ0n) is 14.2. The number of ether oxygens (including phenoxy) is 2. The SMILES string of the molecule is COc1ccc(/C=C2/SC(=Nc3ccccc3C)NC2=O)c(OC)c1. The fourth-order valence-electron chi connectivity index (χ4n) is 2.36. The number of aryl methyl sites for hydroxylation is 1. The summed E-state index contributed by atoms with van der Waals surface area (Å²) in [5, 5.41) is 3.37. The number of carbonyl (C=O) groups is 1. The van der Waals surface area contributed by atoms with Crippen molar-refractivity contribution in [1.29, 1.82) is 0 Å². The van der Waals surface area contributed by atoms with E-state index in [-0.39, 0.29) is 5.91 Å². The number of aliphatic imine (C=N–C) groups is 1. The number of para-hydroxylation sites is 1. The van der Waals surface area contributed by atoms with E-state index in [1.165, 1.54) is 11.8 Å². The average molecular weight is 354 g/mol. The molecule has 0 radical (unpaired) electrons. The van der Waals surface area contributed by atoms with Gasteiger partial charge in [-0.05, 0) is 48.5 Å². The Kier molecular flexibility index (Phi) is 5.09. The lowest BCUT2D eigenvalue weighted by Crippen LogP contribution is -2.19. The fraction of sp³-hybridized carbons (Fsp3) is 0.158. The Morgan fingerprint density at radius 3 is 2.64 bits per heavy atom. The second kappa shape index (κ2) is 7.44. The van der Waals surface area contributed by atoms with Crippen LogP contribution in [0.5, 0.6) is 11.5 Å². The molecule has 0 aliphatic carbocycles. The highest BCUT2D eigenvalue weighted by atomic mass is 32.2. The number of nitrogens with zero attached hydrogens (tertiary/aromatic N) is 1. The predicted octanol–water partition coefficient (Wildman–Crippen LogP) is 3.90. The molecule has 1 saturated heterocycles. The molecular formula is C19H18N2O3S. The van der Waals surface area contributed by atoms with Crippen molar-refractivity contribution in [2.75, 3.05) is 14.2 Å². The molecule has 0 spiro atoms. The van der Waals surface area contributed by atoms with Crippen LogP contribution in [0, 0.1) is 6.92 Å². The molecule has 1 fully saturated rings. The number of hydrogen-bond acceptors (Lipinski definition) is 5. The zero-order valence-corrected chi connectivity index (χ0v) is 15.0. The summed E-state index contributed by atoms with van der Waals surface area (Å²) in [6.07, 6.45) is 1.79. The quantitative estimate of drug-likeness (QED) is 0.846. The van der Waals surface area contributed by atoms with Crippen LogP contribution in [0.1, 0.15) is 11.1 Å². The first-order valence-electron chi connectivity index (χ1n) is 7.68. The molecule has 0 bridgehead atoms. The molecule has 2 aromatic rings. The van der Waals surface area contributed by atoms with Crippen LogP contribution in [0.4, 0.5) is 5.69 Å². The van der Waals surface area contributed by atoms with E-state index in [4.69, 9.17) is 9.47 Å². The molecule has 1 aliphatic rings. The molecule has 5 nitrogen and oxygen atoms in total. The van der Waals surface area contributed by atoms with Gasteiger partial charge in [-0.3, -0.25) is 4.79 Å². The number of rotatable bonds is 4. The van der Waals surface area contributed by atoms with Gasteiger partial charge in [0.05, 0.1) is 24.8 Å². The number of amides is 1. The van der Waals surface area contributed by atoms with Crippen molar-refractivity contribution in [2.45, 2.75) is 6.92 Å². The minimum atomic E-state index is -0.171. The lowest BCUT2D eigenvalue weighted by Gasteiger charge is -2.07. The van der Waals surface area contributed by atoms with Crippen LogP contribution in [-0.2, 0) is 4.79 Å². The Labute approximate surface area is 150 Å². The molecule has 1 amide bonds. The molecule has 0 aromatic heterocycles. The highest BCUT2D eigenvalue weighted by Crippen LogP contribution is 2.32. The van der Waals surface area contributed by atoms with E-state index in [9.17, 15) is 4.79 Å². The summed E-state index contributed by atoms with van der Waals surface area (Å²) in [6, 6.07) is 13.3. The zero-order chi connectivity index (χ0) is 17.8. The third-order valence-electron chi connectivity index (χ3n) is 3.72. The van der Waals surface area contributed by atoms with Crippen molar-refractivity contribution in [3.8, 4) is 11.5 Å². The van der Waals surface area contributed by atoms with Crippen LogP contribution in [0.15, 0.2) is 52.4 Å². The van der Waals surface area contributed by atoms with Crippen molar-refractivity contribution in [3.05, 3.63) is 58.5 Å². The number of amidine groups is 1.